The molecule has 1 rings (SSSR count). The molecule has 0 aromatic carbocycles. The van der Waals surface area contributed by atoms with Gasteiger partial charge < -0.3 is 23.1 Å². The van der Waals surface area contributed by atoms with Gasteiger partial charge in [-0.15, -0.1) is 0 Å². The molecular formula is C12H21O35S9-3. The molecule has 12 atom stereocenters. The molecule has 56 heavy (non-hydrogen) atoms. The molecule has 0 aromatic rings. The summed E-state index contributed by atoms with van der Waals surface area (Å²) in [4.78, 5) is 0. The molecular weight excluding hydrogens is 993 g/mol. The molecule has 1 aliphatic rings. The molecule has 1 saturated heterocycles. The van der Waals surface area contributed by atoms with Crippen LogP contribution in [0.15, 0.2) is 0 Å². The molecule has 336 valence electrons. The van der Waals surface area contributed by atoms with Crippen LogP contribution in [0.2, 0.25) is 0 Å². The lowest BCUT2D eigenvalue weighted by atomic mass is 9.98. The molecule has 0 radical (unpaired) electrons. The number of hydrogen-bond acceptors (Lipinski definition) is 29. The molecule has 0 bridgehead atoms. The third-order valence-electron chi connectivity index (χ3n) is 5.36. The summed E-state index contributed by atoms with van der Waals surface area (Å²) in [6, 6.07) is 0. The SMILES string of the molecule is O=S([O-])OC[C@H](OS(=O)(=O)O)C(O[C@@H]1O[C@H](COS(=O)[O-])[C@@H](OS(=O)[O-])[C@H](OS(=O)(=O)O)[C@H]1OS(=O)(=O)O)[C@H](OS(=O)(=O)O)[C@@H](COS(=O)(=O)O)OS(=O)(=O)O. The highest BCUT2D eigenvalue weighted by atomic mass is 32.3. The Morgan fingerprint density at radius 2 is 0.982 bits per heavy atom. The van der Waals surface area contributed by atoms with E-state index in [1.54, 1.807) is 0 Å². The average Bonchev–Trinajstić information content (AvgIpc) is 2.93. The lowest BCUT2D eigenvalue weighted by Gasteiger charge is -2.46. The standard InChI is InChI=1S/C12H24O35S9/c13-48(14)37-1-4-8(42-50(17)18)10(46-55(31,32)33)11(47-56(34,35)36)12(40-4)41-7(5(2-38-49(15)16)43-52(22,23)24)9(45-54(28,29)30)6(44-53(25,26)27)3-39-51(19,20)21/h4-12H,1-3H2,(H,13,14)(H,15,16)(H,17,18)(H,19,20,21)(H,22,23,24)(H,25,26,27)(H,28,29,30)(H,31,32,33)(H,34,35,36)/p-3/t4-,5+,6-,7?,8-,9-,10+,11-,12+/m1/s1. The van der Waals surface area contributed by atoms with Crippen molar-refractivity contribution in [3.8, 4) is 0 Å². The van der Waals surface area contributed by atoms with Crippen molar-refractivity contribution in [2.24, 2.45) is 0 Å². The summed E-state index contributed by atoms with van der Waals surface area (Å²) in [6.45, 7) is -5.99. The summed E-state index contributed by atoms with van der Waals surface area (Å²) in [5.41, 5.74) is 0. The van der Waals surface area contributed by atoms with Crippen molar-refractivity contribution in [3.05, 3.63) is 0 Å². The largest absolute Gasteiger partial charge is 0.750 e. The van der Waals surface area contributed by atoms with Crippen LogP contribution in [0, 0.1) is 0 Å². The van der Waals surface area contributed by atoms with Crippen LogP contribution < -0.4 is 0 Å². The Balaban J connectivity index is 4.44. The first-order valence-corrected chi connectivity index (χ1v) is 23.6. The molecule has 1 aliphatic heterocycles. The van der Waals surface area contributed by atoms with Crippen molar-refractivity contribution in [3.63, 3.8) is 0 Å². The van der Waals surface area contributed by atoms with Gasteiger partial charge in [0.15, 0.2) is 12.4 Å². The van der Waals surface area contributed by atoms with Gasteiger partial charge in [-0.3, -0.25) is 39.9 Å². The van der Waals surface area contributed by atoms with Gasteiger partial charge in [0.2, 0.25) is 0 Å². The summed E-state index contributed by atoms with van der Waals surface area (Å²) in [5, 5.41) is 0. The maximum atomic E-state index is 11.9. The Hall–Kier alpha value is -0.650. The topological polar surface area (TPSA) is 548 Å². The van der Waals surface area contributed by atoms with Gasteiger partial charge in [0.1, 0.15) is 42.7 Å². The smallest absolute Gasteiger partial charge is 0.397 e. The highest BCUT2D eigenvalue weighted by molar-refractivity contribution is 7.82. The van der Waals surface area contributed by atoms with E-state index >= 15 is 0 Å². The number of hydrogen-bond donors (Lipinski definition) is 6. The van der Waals surface area contributed by atoms with Crippen LogP contribution in [0.3, 0.4) is 0 Å². The monoisotopic (exact) mass is 1010 g/mol. The van der Waals surface area contributed by atoms with E-state index in [4.69, 9.17) is 14.0 Å². The second-order valence-electron chi connectivity index (χ2n) is 9.19. The Bertz CT molecular complexity index is 2060. The second kappa shape index (κ2) is 21.2. The van der Waals surface area contributed by atoms with Crippen molar-refractivity contribution in [1.82, 2.24) is 0 Å². The highest BCUT2D eigenvalue weighted by Gasteiger charge is 2.56. The summed E-state index contributed by atoms with van der Waals surface area (Å²) < 4.78 is 310. The zero-order chi connectivity index (χ0) is 43.8. The molecule has 0 aliphatic carbocycles. The Kier molecular flexibility index (Phi) is 20.2. The van der Waals surface area contributed by atoms with E-state index < -0.39 is 171 Å². The average molecular weight is 1010 g/mol. The summed E-state index contributed by atoms with van der Waals surface area (Å²) in [7, 11) is -36.9. The Morgan fingerprint density at radius 3 is 1.38 bits per heavy atom. The molecule has 0 spiro atoms. The van der Waals surface area contributed by atoms with E-state index in [1.165, 1.54) is 0 Å². The lowest BCUT2D eigenvalue weighted by molar-refractivity contribution is -0.312. The van der Waals surface area contributed by atoms with Gasteiger partial charge in [0.25, 0.3) is 0 Å². The van der Waals surface area contributed by atoms with E-state index in [1.807, 2.05) is 0 Å². The van der Waals surface area contributed by atoms with Gasteiger partial charge >= 0.3 is 62.4 Å². The van der Waals surface area contributed by atoms with Crippen LogP contribution in [0.4, 0.5) is 0 Å². The van der Waals surface area contributed by atoms with Gasteiger partial charge in [-0.05, 0) is 0 Å². The van der Waals surface area contributed by atoms with Crippen LogP contribution >= 0.6 is 0 Å². The van der Waals surface area contributed by atoms with Crippen molar-refractivity contribution in [2.45, 2.75) is 55.1 Å². The predicted molar refractivity (Wildman–Crippen MR) is 157 cm³/mol. The second-order valence-corrected chi connectivity index (χ2v) is 17.4. The van der Waals surface area contributed by atoms with E-state index in [-0.39, 0.29) is 0 Å². The molecule has 4 unspecified atom stereocenters. The minimum absolute atomic E-state index is 1.68. The fourth-order valence-corrected chi connectivity index (χ4v) is 7.55. The van der Waals surface area contributed by atoms with Crippen LogP contribution in [0.1, 0.15) is 0 Å². The van der Waals surface area contributed by atoms with Gasteiger partial charge in [-0.25, -0.2) is 37.7 Å². The van der Waals surface area contributed by atoms with Gasteiger partial charge in [-0.2, -0.15) is 50.5 Å². The summed E-state index contributed by atoms with van der Waals surface area (Å²) in [6.07, 6.45) is -29.6. The fourth-order valence-electron chi connectivity index (χ4n) is 3.89. The van der Waals surface area contributed by atoms with E-state index in [0.717, 1.165) is 0 Å². The Morgan fingerprint density at radius 1 is 0.536 bits per heavy atom. The predicted octanol–water partition coefficient (Wildman–Crippen LogP) is -7.34. The minimum Gasteiger partial charge on any atom is -0.750 e. The highest BCUT2D eigenvalue weighted by Crippen LogP contribution is 2.34. The molecule has 1 heterocycles. The van der Waals surface area contributed by atoms with Crippen molar-refractivity contribution < 1.29 is 151 Å². The zero-order valence-electron chi connectivity index (χ0n) is 25.5. The summed E-state index contributed by atoms with van der Waals surface area (Å²) in [5.74, 6) is 0. The van der Waals surface area contributed by atoms with Crippen molar-refractivity contribution in [1.29, 1.82) is 0 Å². The van der Waals surface area contributed by atoms with Crippen LogP contribution in [-0.4, -0.2) is 179 Å². The summed E-state index contributed by atoms with van der Waals surface area (Å²) >= 11 is -11.5. The van der Waals surface area contributed by atoms with E-state index in [0.29, 0.717) is 0 Å². The fraction of sp³-hybridized carbons (Fsp3) is 1.00. The van der Waals surface area contributed by atoms with E-state index in [2.05, 4.69) is 37.6 Å². The molecule has 0 saturated carbocycles. The van der Waals surface area contributed by atoms with Gasteiger partial charge in [0.05, 0.1) is 53.9 Å². The maximum absolute atomic E-state index is 11.9. The first-order chi connectivity index (χ1) is 25.0. The third-order valence-corrected chi connectivity index (χ3v) is 9.20. The van der Waals surface area contributed by atoms with Crippen molar-refractivity contribution >= 4 is 96.5 Å². The molecule has 1 fully saturated rings. The minimum atomic E-state index is -6.36. The van der Waals surface area contributed by atoms with Gasteiger partial charge in [-0.1, -0.05) is 0 Å². The quantitative estimate of drug-likeness (QED) is 0.0346. The maximum Gasteiger partial charge on any atom is 0.397 e. The number of ether oxygens (including phenoxy) is 2. The molecule has 0 aromatic heterocycles. The molecule has 44 heteroatoms. The first kappa shape index (κ1) is 53.4. The first-order valence-electron chi connectivity index (χ1n) is 12.4. The van der Waals surface area contributed by atoms with Crippen molar-refractivity contribution in [2.75, 3.05) is 19.8 Å². The van der Waals surface area contributed by atoms with Crippen LogP contribution in [0.5, 0.6) is 0 Å². The number of rotatable bonds is 26. The molecule has 0 amide bonds. The van der Waals surface area contributed by atoms with Gasteiger partial charge in [0, 0.05) is 0 Å². The molecule has 6 N–H and O–H groups in total. The molecule has 35 nitrogen and oxygen atoms in total. The van der Waals surface area contributed by atoms with E-state index in [9.17, 15) is 99.6 Å². The Labute approximate surface area is 321 Å². The van der Waals surface area contributed by atoms with Crippen LogP contribution in [0.25, 0.3) is 0 Å². The lowest BCUT2D eigenvalue weighted by Crippen LogP contribution is -2.65. The third kappa shape index (κ3) is 22.6. The van der Waals surface area contributed by atoms with Crippen LogP contribution in [-0.2, 0) is 144 Å². The normalized spacial score (nSPS) is 25.8. The zero-order valence-corrected chi connectivity index (χ0v) is 32.9.